The summed E-state index contributed by atoms with van der Waals surface area (Å²) in [6, 6.07) is 4.16. The van der Waals surface area contributed by atoms with Gasteiger partial charge in [0.15, 0.2) is 0 Å². The second-order valence-corrected chi connectivity index (χ2v) is 4.06. The third-order valence-corrected chi connectivity index (χ3v) is 2.21. The molecule has 1 rings (SSSR count). The van der Waals surface area contributed by atoms with Crippen molar-refractivity contribution in [1.82, 2.24) is 0 Å². The molecule has 78 valence electrons. The van der Waals surface area contributed by atoms with Gasteiger partial charge in [0.2, 0.25) is 0 Å². The van der Waals surface area contributed by atoms with E-state index in [-0.39, 0.29) is 0 Å². The fourth-order valence-electron chi connectivity index (χ4n) is 1.29. The number of hydrogen-bond acceptors (Lipinski definition) is 2. The van der Waals surface area contributed by atoms with Crippen LogP contribution in [0.25, 0.3) is 0 Å². The molecule has 0 radical (unpaired) electrons. The minimum absolute atomic E-state index is 0.408. The number of aliphatic hydroxyl groups is 2. The quantitative estimate of drug-likeness (QED) is 0.762. The predicted octanol–water partition coefficient (Wildman–Crippen LogP) is 1.94. The molecule has 1 aromatic carbocycles. The van der Waals surface area contributed by atoms with Crippen molar-refractivity contribution in [2.24, 2.45) is 0 Å². The first-order valence-corrected chi connectivity index (χ1v) is 4.49. The first-order chi connectivity index (χ1) is 6.32. The Labute approximate surface area is 83.0 Å². The van der Waals surface area contributed by atoms with Gasteiger partial charge in [-0.05, 0) is 44.0 Å². The molecule has 0 aliphatic rings. The van der Waals surface area contributed by atoms with E-state index in [1.54, 1.807) is 13.0 Å². The average molecular weight is 198 g/mol. The molecule has 0 bridgehead atoms. The lowest BCUT2D eigenvalue weighted by atomic mass is 9.92. The van der Waals surface area contributed by atoms with Crippen molar-refractivity contribution in [3.05, 3.63) is 35.1 Å². The molecule has 0 spiro atoms. The zero-order valence-corrected chi connectivity index (χ0v) is 8.58. The standard InChI is InChI=1S/C11H15FO2/c1-7-4-5-8(12)6-9(7)10(13)11(2,3)14/h4-6,10,13-14H,1-3H3. The summed E-state index contributed by atoms with van der Waals surface area (Å²) < 4.78 is 12.9. The van der Waals surface area contributed by atoms with E-state index in [2.05, 4.69) is 0 Å². The van der Waals surface area contributed by atoms with Gasteiger partial charge in [-0.25, -0.2) is 4.39 Å². The summed E-state index contributed by atoms with van der Waals surface area (Å²) in [5, 5.41) is 19.3. The molecule has 0 saturated carbocycles. The predicted molar refractivity (Wildman–Crippen MR) is 52.4 cm³/mol. The fourth-order valence-corrected chi connectivity index (χ4v) is 1.29. The van der Waals surface area contributed by atoms with Crippen LogP contribution < -0.4 is 0 Å². The molecule has 14 heavy (non-hydrogen) atoms. The highest BCUT2D eigenvalue weighted by Crippen LogP contribution is 2.27. The third-order valence-electron chi connectivity index (χ3n) is 2.21. The van der Waals surface area contributed by atoms with Crippen LogP contribution in [0.4, 0.5) is 4.39 Å². The molecular weight excluding hydrogens is 183 g/mol. The molecule has 0 amide bonds. The van der Waals surface area contributed by atoms with Crippen molar-refractivity contribution in [2.75, 3.05) is 0 Å². The summed E-state index contributed by atoms with van der Waals surface area (Å²) in [4.78, 5) is 0. The molecule has 0 heterocycles. The summed E-state index contributed by atoms with van der Waals surface area (Å²) in [5.41, 5.74) is -0.0722. The summed E-state index contributed by atoms with van der Waals surface area (Å²) in [6.07, 6.45) is -1.07. The first-order valence-electron chi connectivity index (χ1n) is 4.49. The monoisotopic (exact) mass is 198 g/mol. The van der Waals surface area contributed by atoms with Crippen LogP contribution in [0.3, 0.4) is 0 Å². The molecule has 2 nitrogen and oxygen atoms in total. The third kappa shape index (κ3) is 2.30. The lowest BCUT2D eigenvalue weighted by molar-refractivity contribution is -0.0500. The van der Waals surface area contributed by atoms with E-state index in [4.69, 9.17) is 0 Å². The van der Waals surface area contributed by atoms with E-state index in [0.717, 1.165) is 5.56 Å². The maximum atomic E-state index is 12.9. The van der Waals surface area contributed by atoms with Crippen LogP contribution in [0.1, 0.15) is 31.1 Å². The number of benzene rings is 1. The lowest BCUT2D eigenvalue weighted by Gasteiger charge is -2.26. The zero-order valence-electron chi connectivity index (χ0n) is 8.58. The molecule has 0 aliphatic carbocycles. The number of rotatable bonds is 2. The summed E-state index contributed by atoms with van der Waals surface area (Å²) >= 11 is 0. The minimum atomic E-state index is -1.27. The van der Waals surface area contributed by atoms with Gasteiger partial charge in [-0.1, -0.05) is 6.07 Å². The zero-order chi connectivity index (χ0) is 10.9. The molecule has 0 fully saturated rings. The van der Waals surface area contributed by atoms with Crippen LogP contribution in [0, 0.1) is 12.7 Å². The lowest BCUT2D eigenvalue weighted by Crippen LogP contribution is -2.29. The van der Waals surface area contributed by atoms with E-state index in [1.807, 2.05) is 0 Å². The summed E-state index contributed by atoms with van der Waals surface area (Å²) in [7, 11) is 0. The summed E-state index contributed by atoms with van der Waals surface area (Å²) in [5.74, 6) is -0.408. The van der Waals surface area contributed by atoms with E-state index < -0.39 is 17.5 Å². The molecule has 0 saturated heterocycles. The maximum Gasteiger partial charge on any atom is 0.123 e. The van der Waals surface area contributed by atoms with Gasteiger partial charge in [0.1, 0.15) is 11.9 Å². The Balaban J connectivity index is 3.12. The number of halogens is 1. The Morgan fingerprint density at radius 1 is 1.36 bits per heavy atom. The van der Waals surface area contributed by atoms with Gasteiger partial charge >= 0.3 is 0 Å². The van der Waals surface area contributed by atoms with Crippen molar-refractivity contribution in [3.63, 3.8) is 0 Å². The largest absolute Gasteiger partial charge is 0.387 e. The maximum absolute atomic E-state index is 12.9. The molecule has 0 aliphatic heterocycles. The van der Waals surface area contributed by atoms with Crippen molar-refractivity contribution in [2.45, 2.75) is 32.5 Å². The average Bonchev–Trinajstić information content (AvgIpc) is 2.06. The SMILES string of the molecule is Cc1ccc(F)cc1C(O)C(C)(C)O. The second kappa shape index (κ2) is 3.67. The van der Waals surface area contributed by atoms with Crippen molar-refractivity contribution in [3.8, 4) is 0 Å². The minimum Gasteiger partial charge on any atom is -0.387 e. The van der Waals surface area contributed by atoms with Crippen LogP contribution in [-0.2, 0) is 0 Å². The smallest absolute Gasteiger partial charge is 0.123 e. The van der Waals surface area contributed by atoms with Crippen molar-refractivity contribution >= 4 is 0 Å². The van der Waals surface area contributed by atoms with E-state index in [9.17, 15) is 14.6 Å². The van der Waals surface area contributed by atoms with Crippen LogP contribution in [0.2, 0.25) is 0 Å². The Bertz CT molecular complexity index is 329. The van der Waals surface area contributed by atoms with Gasteiger partial charge < -0.3 is 10.2 Å². The van der Waals surface area contributed by atoms with Crippen LogP contribution in [0.15, 0.2) is 18.2 Å². The Kier molecular flexibility index (Phi) is 2.92. The van der Waals surface area contributed by atoms with Crippen LogP contribution in [-0.4, -0.2) is 15.8 Å². The van der Waals surface area contributed by atoms with Gasteiger partial charge in [0, 0.05) is 0 Å². The Morgan fingerprint density at radius 2 is 1.93 bits per heavy atom. The van der Waals surface area contributed by atoms with Gasteiger partial charge in [-0.3, -0.25) is 0 Å². The van der Waals surface area contributed by atoms with Gasteiger partial charge in [0.25, 0.3) is 0 Å². The van der Waals surface area contributed by atoms with E-state index in [0.29, 0.717) is 5.56 Å². The second-order valence-electron chi connectivity index (χ2n) is 4.06. The van der Waals surface area contributed by atoms with Gasteiger partial charge in [-0.15, -0.1) is 0 Å². The highest BCUT2D eigenvalue weighted by molar-refractivity contribution is 5.29. The number of hydrogen-bond donors (Lipinski definition) is 2. The topological polar surface area (TPSA) is 40.5 Å². The van der Waals surface area contributed by atoms with E-state index >= 15 is 0 Å². The van der Waals surface area contributed by atoms with E-state index in [1.165, 1.54) is 26.0 Å². The number of aryl methyl sites for hydroxylation is 1. The number of aliphatic hydroxyl groups excluding tert-OH is 1. The van der Waals surface area contributed by atoms with Crippen molar-refractivity contribution in [1.29, 1.82) is 0 Å². The molecular formula is C11H15FO2. The van der Waals surface area contributed by atoms with Gasteiger partial charge in [0.05, 0.1) is 5.60 Å². The highest BCUT2D eigenvalue weighted by atomic mass is 19.1. The van der Waals surface area contributed by atoms with Crippen molar-refractivity contribution < 1.29 is 14.6 Å². The van der Waals surface area contributed by atoms with Crippen LogP contribution >= 0.6 is 0 Å². The Morgan fingerprint density at radius 3 is 2.43 bits per heavy atom. The normalized spacial score (nSPS) is 14.1. The molecule has 2 N–H and O–H groups in total. The molecule has 3 heteroatoms. The molecule has 1 unspecified atom stereocenters. The molecule has 0 aromatic heterocycles. The molecule has 1 atom stereocenters. The first kappa shape index (κ1) is 11.1. The Hall–Kier alpha value is -0.930. The fraction of sp³-hybridized carbons (Fsp3) is 0.455. The van der Waals surface area contributed by atoms with Gasteiger partial charge in [-0.2, -0.15) is 0 Å². The molecule has 1 aromatic rings. The van der Waals surface area contributed by atoms with Crippen LogP contribution in [0.5, 0.6) is 0 Å². The highest BCUT2D eigenvalue weighted by Gasteiger charge is 2.27. The summed E-state index contributed by atoms with van der Waals surface area (Å²) in [6.45, 7) is 4.74.